The molecule has 128 valence electrons. The van der Waals surface area contributed by atoms with Gasteiger partial charge in [0.2, 0.25) is 0 Å². The van der Waals surface area contributed by atoms with Gasteiger partial charge in [-0.15, -0.1) is 0 Å². The van der Waals surface area contributed by atoms with Crippen LogP contribution in [-0.2, 0) is 4.74 Å². The largest absolute Gasteiger partial charge is 0.444 e. The normalized spacial score (nSPS) is 17.6. The van der Waals surface area contributed by atoms with E-state index in [1.54, 1.807) is 11.1 Å². The Bertz CT molecular complexity index is 397. The van der Waals surface area contributed by atoms with Gasteiger partial charge in [0.05, 0.1) is 0 Å². The number of likely N-dealkylation sites (tertiary alicyclic amines) is 1. The van der Waals surface area contributed by atoms with Gasteiger partial charge in [0.15, 0.2) is 0 Å². The summed E-state index contributed by atoms with van der Waals surface area (Å²) in [6.45, 7) is 15.1. The molecular weight excluding hydrogens is 278 g/mol. The van der Waals surface area contributed by atoms with Crippen molar-refractivity contribution >= 4 is 6.09 Å². The van der Waals surface area contributed by atoms with Crippen molar-refractivity contribution in [1.82, 2.24) is 14.9 Å². The quantitative estimate of drug-likeness (QED) is 0.826. The molecule has 1 aromatic rings. The lowest BCUT2D eigenvalue weighted by Crippen LogP contribution is -2.42. The molecule has 0 aromatic carbocycles. The highest BCUT2D eigenvalue weighted by Gasteiger charge is 2.29. The number of aromatic amines is 1. The van der Waals surface area contributed by atoms with E-state index in [4.69, 9.17) is 4.74 Å². The number of nitrogens with zero attached hydrogens (tertiary/aromatic N) is 2. The molecule has 0 saturated carbocycles. The maximum atomic E-state index is 12.0. The number of carbonyl (C=O) groups is 1. The van der Waals surface area contributed by atoms with Crippen molar-refractivity contribution in [3.05, 3.63) is 18.2 Å². The van der Waals surface area contributed by atoms with Crippen LogP contribution in [0.3, 0.4) is 0 Å². The first kappa shape index (κ1) is 20.5. The summed E-state index contributed by atoms with van der Waals surface area (Å²) < 4.78 is 5.40. The summed E-state index contributed by atoms with van der Waals surface area (Å²) >= 11 is 0. The van der Waals surface area contributed by atoms with Crippen LogP contribution >= 0.6 is 0 Å². The van der Waals surface area contributed by atoms with Gasteiger partial charge in [-0.2, -0.15) is 0 Å². The standard InChI is InChI=1S/C13H21N3O2.2C2H6/c1-13(2,3)18-12(17)16-8-4-5-10(9-16)11-14-6-7-15-11;2*1-2/h6-7,10H,4-5,8-9H2,1-3H3,(H,14,15);2*1-2H3. The summed E-state index contributed by atoms with van der Waals surface area (Å²) in [5, 5.41) is 0. The topological polar surface area (TPSA) is 58.2 Å². The first-order valence-corrected chi connectivity index (χ1v) is 8.43. The minimum absolute atomic E-state index is 0.223. The number of imidazole rings is 1. The lowest BCUT2D eigenvalue weighted by molar-refractivity contribution is 0.0196. The third kappa shape index (κ3) is 6.96. The number of amides is 1. The zero-order chi connectivity index (χ0) is 17.2. The summed E-state index contributed by atoms with van der Waals surface area (Å²) in [7, 11) is 0. The maximum Gasteiger partial charge on any atom is 0.410 e. The Morgan fingerprint density at radius 3 is 2.45 bits per heavy atom. The number of piperidine rings is 1. The average Bonchev–Trinajstić information content (AvgIpc) is 3.04. The highest BCUT2D eigenvalue weighted by Crippen LogP contribution is 2.25. The fourth-order valence-electron chi connectivity index (χ4n) is 2.19. The van der Waals surface area contributed by atoms with Crippen LogP contribution in [0.5, 0.6) is 0 Å². The van der Waals surface area contributed by atoms with Crippen molar-refractivity contribution in [2.75, 3.05) is 13.1 Å². The number of aromatic nitrogens is 2. The van der Waals surface area contributed by atoms with E-state index in [9.17, 15) is 4.79 Å². The molecule has 1 aliphatic rings. The Hall–Kier alpha value is -1.52. The lowest BCUT2D eigenvalue weighted by Gasteiger charge is -2.33. The molecule has 1 aliphatic heterocycles. The molecule has 0 spiro atoms. The van der Waals surface area contributed by atoms with E-state index in [1.807, 2.05) is 54.7 Å². The molecular formula is C17H33N3O2. The molecule has 22 heavy (non-hydrogen) atoms. The van der Waals surface area contributed by atoms with Crippen molar-refractivity contribution in [3.8, 4) is 0 Å². The molecule has 1 fully saturated rings. The van der Waals surface area contributed by atoms with E-state index < -0.39 is 5.60 Å². The highest BCUT2D eigenvalue weighted by molar-refractivity contribution is 5.68. The maximum absolute atomic E-state index is 12.0. The van der Waals surface area contributed by atoms with Crippen LogP contribution in [0.15, 0.2) is 12.4 Å². The predicted octanol–water partition coefficient (Wildman–Crippen LogP) is 4.58. The second-order valence-electron chi connectivity index (χ2n) is 5.74. The number of nitrogens with one attached hydrogen (secondary N) is 1. The second kappa shape index (κ2) is 10.2. The van der Waals surface area contributed by atoms with Gasteiger partial charge in [-0.25, -0.2) is 9.78 Å². The van der Waals surface area contributed by atoms with E-state index in [2.05, 4.69) is 9.97 Å². The number of ether oxygens (including phenoxy) is 1. The minimum Gasteiger partial charge on any atom is -0.444 e. The summed E-state index contributed by atoms with van der Waals surface area (Å²) in [6, 6.07) is 0. The highest BCUT2D eigenvalue weighted by atomic mass is 16.6. The molecule has 0 radical (unpaired) electrons. The molecule has 1 atom stereocenters. The third-order valence-corrected chi connectivity index (χ3v) is 2.98. The van der Waals surface area contributed by atoms with Gasteiger partial charge >= 0.3 is 6.09 Å². The van der Waals surface area contributed by atoms with E-state index in [1.165, 1.54) is 0 Å². The fourth-order valence-corrected chi connectivity index (χ4v) is 2.19. The van der Waals surface area contributed by atoms with Crippen molar-refractivity contribution in [2.24, 2.45) is 0 Å². The molecule has 1 aromatic heterocycles. The van der Waals surface area contributed by atoms with Crippen molar-refractivity contribution < 1.29 is 9.53 Å². The molecule has 5 nitrogen and oxygen atoms in total. The molecule has 2 rings (SSSR count). The zero-order valence-corrected chi connectivity index (χ0v) is 15.3. The molecule has 2 heterocycles. The van der Waals surface area contributed by atoms with Crippen molar-refractivity contribution in [3.63, 3.8) is 0 Å². The lowest BCUT2D eigenvalue weighted by atomic mass is 9.98. The van der Waals surface area contributed by atoms with E-state index in [0.29, 0.717) is 12.5 Å². The van der Waals surface area contributed by atoms with Gasteiger partial charge in [-0.05, 0) is 33.6 Å². The zero-order valence-electron chi connectivity index (χ0n) is 15.3. The van der Waals surface area contributed by atoms with Gasteiger partial charge in [0, 0.05) is 31.4 Å². The fraction of sp³-hybridized carbons (Fsp3) is 0.765. The summed E-state index contributed by atoms with van der Waals surface area (Å²) in [6.07, 6.45) is 5.40. The third-order valence-electron chi connectivity index (χ3n) is 2.98. The number of carbonyl (C=O) groups excluding carboxylic acids is 1. The monoisotopic (exact) mass is 311 g/mol. The van der Waals surface area contributed by atoms with Crippen molar-refractivity contribution in [1.29, 1.82) is 0 Å². The Morgan fingerprint density at radius 1 is 1.32 bits per heavy atom. The predicted molar refractivity (Wildman–Crippen MR) is 91.1 cm³/mol. The van der Waals surface area contributed by atoms with Gasteiger partial charge in [0.1, 0.15) is 11.4 Å². The van der Waals surface area contributed by atoms with Crippen LogP contribution < -0.4 is 0 Å². The first-order valence-electron chi connectivity index (χ1n) is 8.43. The van der Waals surface area contributed by atoms with Gasteiger partial charge in [-0.3, -0.25) is 0 Å². The second-order valence-corrected chi connectivity index (χ2v) is 5.74. The van der Waals surface area contributed by atoms with Crippen LogP contribution in [-0.4, -0.2) is 39.7 Å². The number of hydrogen-bond acceptors (Lipinski definition) is 3. The molecule has 5 heteroatoms. The molecule has 1 N–H and O–H groups in total. The Kier molecular flexibility index (Phi) is 9.54. The van der Waals surface area contributed by atoms with E-state index in [-0.39, 0.29) is 6.09 Å². The van der Waals surface area contributed by atoms with Gasteiger partial charge in [-0.1, -0.05) is 27.7 Å². The van der Waals surface area contributed by atoms with Crippen LogP contribution in [0.4, 0.5) is 4.79 Å². The van der Waals surface area contributed by atoms with Gasteiger partial charge < -0.3 is 14.6 Å². The van der Waals surface area contributed by atoms with Crippen LogP contribution in [0, 0.1) is 0 Å². The Morgan fingerprint density at radius 2 is 1.95 bits per heavy atom. The van der Waals surface area contributed by atoms with Crippen molar-refractivity contribution in [2.45, 2.75) is 72.8 Å². The Balaban J connectivity index is 0.00000102. The summed E-state index contributed by atoms with van der Waals surface area (Å²) in [5.41, 5.74) is -0.436. The molecule has 1 unspecified atom stereocenters. The number of rotatable bonds is 1. The number of hydrogen-bond donors (Lipinski definition) is 1. The van der Waals surface area contributed by atoms with Gasteiger partial charge in [0.25, 0.3) is 0 Å². The first-order chi connectivity index (χ1) is 10.5. The van der Waals surface area contributed by atoms with Crippen LogP contribution in [0.1, 0.15) is 73.1 Å². The Labute approximate surface area is 135 Å². The SMILES string of the molecule is CC.CC.CC(C)(C)OC(=O)N1CCCC(c2ncc[nH]2)C1. The molecule has 0 aliphatic carbocycles. The van der Waals surface area contributed by atoms with E-state index >= 15 is 0 Å². The molecule has 0 bridgehead atoms. The van der Waals surface area contributed by atoms with Crippen LogP contribution in [0.25, 0.3) is 0 Å². The van der Waals surface area contributed by atoms with E-state index in [0.717, 1.165) is 25.2 Å². The summed E-state index contributed by atoms with van der Waals surface area (Å²) in [5.74, 6) is 1.25. The molecule has 1 amide bonds. The smallest absolute Gasteiger partial charge is 0.410 e. The summed E-state index contributed by atoms with van der Waals surface area (Å²) in [4.78, 5) is 21.2. The number of H-pyrrole nitrogens is 1. The average molecular weight is 311 g/mol. The minimum atomic E-state index is -0.436. The molecule has 1 saturated heterocycles. The van der Waals surface area contributed by atoms with Crippen LogP contribution in [0.2, 0.25) is 0 Å².